The summed E-state index contributed by atoms with van der Waals surface area (Å²) in [6.45, 7) is 3.56. The maximum absolute atomic E-state index is 5.73. The molecule has 0 bridgehead atoms. The molecule has 0 radical (unpaired) electrons. The van der Waals surface area contributed by atoms with Crippen molar-refractivity contribution in [2.24, 2.45) is 0 Å². The molecule has 0 amide bonds. The number of aromatic nitrogens is 5. The molecule has 0 unspecified atom stereocenters. The standard InChI is InChI=1S/C10H14N8/c11-8-14-9(17-6-3-12-4-7-17)16-10(15-8)18-5-1-2-13-18/h1-2,5,12H,3-4,6-7H2,(H2,11,14,15,16). The van der Waals surface area contributed by atoms with Crippen molar-refractivity contribution >= 4 is 11.9 Å². The van der Waals surface area contributed by atoms with Crippen molar-refractivity contribution in [1.29, 1.82) is 0 Å². The molecular formula is C10H14N8. The van der Waals surface area contributed by atoms with Crippen LogP contribution in [0.5, 0.6) is 0 Å². The van der Waals surface area contributed by atoms with Crippen LogP contribution in [0.1, 0.15) is 0 Å². The van der Waals surface area contributed by atoms with Gasteiger partial charge < -0.3 is 16.0 Å². The van der Waals surface area contributed by atoms with E-state index in [9.17, 15) is 0 Å². The molecule has 1 fully saturated rings. The Kier molecular flexibility index (Phi) is 2.77. The molecule has 0 saturated carbocycles. The van der Waals surface area contributed by atoms with Crippen LogP contribution in [0.25, 0.3) is 5.95 Å². The zero-order chi connectivity index (χ0) is 12.4. The number of nitrogens with zero attached hydrogens (tertiary/aromatic N) is 6. The lowest BCUT2D eigenvalue weighted by molar-refractivity contribution is 0.578. The Hall–Kier alpha value is -2.22. The second kappa shape index (κ2) is 4.57. The van der Waals surface area contributed by atoms with E-state index in [0.717, 1.165) is 26.2 Å². The molecule has 0 aromatic carbocycles. The van der Waals surface area contributed by atoms with Crippen LogP contribution in [0.3, 0.4) is 0 Å². The largest absolute Gasteiger partial charge is 0.368 e. The predicted octanol–water partition coefficient (Wildman–Crippen LogP) is -0.951. The molecule has 2 aromatic heterocycles. The lowest BCUT2D eigenvalue weighted by Gasteiger charge is -2.27. The van der Waals surface area contributed by atoms with Crippen molar-refractivity contribution in [3.63, 3.8) is 0 Å². The van der Waals surface area contributed by atoms with E-state index >= 15 is 0 Å². The Labute approximate surface area is 104 Å². The summed E-state index contributed by atoms with van der Waals surface area (Å²) in [6.07, 6.45) is 3.45. The first-order valence-corrected chi connectivity index (χ1v) is 5.80. The molecule has 3 heterocycles. The van der Waals surface area contributed by atoms with Gasteiger partial charge in [0.05, 0.1) is 0 Å². The number of rotatable bonds is 2. The molecule has 2 aromatic rings. The first-order chi connectivity index (χ1) is 8.83. The summed E-state index contributed by atoms with van der Waals surface area (Å²) in [6, 6.07) is 1.81. The van der Waals surface area contributed by atoms with Gasteiger partial charge in [-0.15, -0.1) is 0 Å². The number of hydrogen-bond donors (Lipinski definition) is 2. The third-order valence-corrected chi connectivity index (χ3v) is 2.74. The smallest absolute Gasteiger partial charge is 0.257 e. The van der Waals surface area contributed by atoms with Crippen molar-refractivity contribution in [3.8, 4) is 5.95 Å². The second-order valence-corrected chi connectivity index (χ2v) is 3.98. The highest BCUT2D eigenvalue weighted by molar-refractivity contribution is 5.38. The van der Waals surface area contributed by atoms with Gasteiger partial charge in [0.1, 0.15) is 0 Å². The zero-order valence-electron chi connectivity index (χ0n) is 9.82. The van der Waals surface area contributed by atoms with E-state index in [4.69, 9.17) is 5.73 Å². The Morgan fingerprint density at radius 3 is 2.61 bits per heavy atom. The van der Waals surface area contributed by atoms with Gasteiger partial charge >= 0.3 is 0 Å². The van der Waals surface area contributed by atoms with Gasteiger partial charge in [-0.05, 0) is 6.07 Å². The Morgan fingerprint density at radius 1 is 1.11 bits per heavy atom. The summed E-state index contributed by atoms with van der Waals surface area (Å²) in [4.78, 5) is 14.7. The summed E-state index contributed by atoms with van der Waals surface area (Å²) in [5, 5.41) is 7.37. The van der Waals surface area contributed by atoms with E-state index in [2.05, 4.69) is 30.3 Å². The van der Waals surface area contributed by atoms with Crippen LogP contribution in [0.15, 0.2) is 18.5 Å². The van der Waals surface area contributed by atoms with Crippen molar-refractivity contribution in [1.82, 2.24) is 30.0 Å². The lowest BCUT2D eigenvalue weighted by Crippen LogP contribution is -2.44. The lowest BCUT2D eigenvalue weighted by atomic mass is 10.4. The molecule has 94 valence electrons. The average molecular weight is 246 g/mol. The number of nitrogens with two attached hydrogens (primary N) is 1. The minimum absolute atomic E-state index is 0.212. The van der Waals surface area contributed by atoms with Crippen LogP contribution < -0.4 is 16.0 Å². The molecule has 8 heteroatoms. The molecule has 0 aliphatic carbocycles. The Balaban J connectivity index is 1.95. The zero-order valence-corrected chi connectivity index (χ0v) is 9.82. The highest BCUT2D eigenvalue weighted by Gasteiger charge is 2.15. The number of nitrogen functional groups attached to an aromatic ring is 1. The van der Waals surface area contributed by atoms with Crippen LogP contribution in [0.2, 0.25) is 0 Å². The van der Waals surface area contributed by atoms with Crippen LogP contribution in [-0.4, -0.2) is 50.9 Å². The fourth-order valence-corrected chi connectivity index (χ4v) is 1.87. The van der Waals surface area contributed by atoms with Gasteiger partial charge in [0.15, 0.2) is 0 Å². The van der Waals surface area contributed by atoms with Gasteiger partial charge in [0, 0.05) is 38.6 Å². The minimum Gasteiger partial charge on any atom is -0.368 e. The van der Waals surface area contributed by atoms with E-state index in [0.29, 0.717) is 11.9 Å². The van der Waals surface area contributed by atoms with Crippen molar-refractivity contribution < 1.29 is 0 Å². The molecule has 1 aliphatic rings. The van der Waals surface area contributed by atoms with E-state index in [1.165, 1.54) is 0 Å². The highest BCUT2D eigenvalue weighted by Crippen LogP contribution is 2.11. The highest BCUT2D eigenvalue weighted by atomic mass is 15.4. The quantitative estimate of drug-likeness (QED) is 0.705. The third-order valence-electron chi connectivity index (χ3n) is 2.74. The Morgan fingerprint density at radius 2 is 1.89 bits per heavy atom. The number of piperazine rings is 1. The van der Waals surface area contributed by atoms with Crippen LogP contribution >= 0.6 is 0 Å². The summed E-state index contributed by atoms with van der Waals surface area (Å²) in [7, 11) is 0. The predicted molar refractivity (Wildman–Crippen MR) is 66.4 cm³/mol. The van der Waals surface area contributed by atoms with Gasteiger partial charge in [-0.25, -0.2) is 4.68 Å². The molecule has 18 heavy (non-hydrogen) atoms. The normalized spacial score (nSPS) is 15.9. The minimum atomic E-state index is 0.212. The van der Waals surface area contributed by atoms with Crippen LogP contribution in [-0.2, 0) is 0 Å². The monoisotopic (exact) mass is 246 g/mol. The maximum atomic E-state index is 5.73. The van der Waals surface area contributed by atoms with Gasteiger partial charge in [0.25, 0.3) is 5.95 Å². The summed E-state index contributed by atoms with van der Waals surface area (Å²) in [5.41, 5.74) is 5.73. The SMILES string of the molecule is Nc1nc(N2CCNCC2)nc(-n2cccn2)n1. The van der Waals surface area contributed by atoms with Crippen molar-refractivity contribution in [2.45, 2.75) is 0 Å². The molecule has 1 aliphatic heterocycles. The van der Waals surface area contributed by atoms with Gasteiger partial charge in [-0.1, -0.05) is 0 Å². The fraction of sp³-hybridized carbons (Fsp3) is 0.400. The van der Waals surface area contributed by atoms with E-state index in [1.807, 2.05) is 6.07 Å². The van der Waals surface area contributed by atoms with E-state index in [1.54, 1.807) is 17.1 Å². The van der Waals surface area contributed by atoms with E-state index in [-0.39, 0.29) is 5.95 Å². The maximum Gasteiger partial charge on any atom is 0.257 e. The topological polar surface area (TPSA) is 97.8 Å². The van der Waals surface area contributed by atoms with Gasteiger partial charge in [-0.3, -0.25) is 0 Å². The molecule has 3 rings (SSSR count). The Bertz CT molecular complexity index is 517. The number of hydrogen-bond acceptors (Lipinski definition) is 7. The molecule has 0 atom stereocenters. The first-order valence-electron chi connectivity index (χ1n) is 5.80. The molecule has 8 nitrogen and oxygen atoms in total. The van der Waals surface area contributed by atoms with Gasteiger partial charge in [-0.2, -0.15) is 20.1 Å². The molecular weight excluding hydrogens is 232 g/mol. The summed E-state index contributed by atoms with van der Waals surface area (Å²) >= 11 is 0. The van der Waals surface area contributed by atoms with E-state index < -0.39 is 0 Å². The fourth-order valence-electron chi connectivity index (χ4n) is 1.87. The molecule has 1 saturated heterocycles. The second-order valence-electron chi connectivity index (χ2n) is 3.98. The van der Waals surface area contributed by atoms with Crippen molar-refractivity contribution in [3.05, 3.63) is 18.5 Å². The van der Waals surface area contributed by atoms with Crippen molar-refractivity contribution in [2.75, 3.05) is 36.8 Å². The van der Waals surface area contributed by atoms with Gasteiger partial charge in [0.2, 0.25) is 11.9 Å². The third kappa shape index (κ3) is 2.09. The molecule has 0 spiro atoms. The van der Waals surface area contributed by atoms with Crippen LogP contribution in [0.4, 0.5) is 11.9 Å². The number of anilines is 2. The summed E-state index contributed by atoms with van der Waals surface area (Å²) < 4.78 is 1.57. The molecule has 3 N–H and O–H groups in total. The summed E-state index contributed by atoms with van der Waals surface area (Å²) in [5.74, 6) is 1.26. The first kappa shape index (κ1) is 10.9. The van der Waals surface area contributed by atoms with Crippen LogP contribution in [0, 0.1) is 0 Å². The average Bonchev–Trinajstić information content (AvgIpc) is 2.93. The number of nitrogens with one attached hydrogen (secondary N) is 1.